The minimum Gasteiger partial charge on any atom is -0.371 e. The highest BCUT2D eigenvalue weighted by Gasteiger charge is 2.31. The Morgan fingerprint density at radius 3 is 2.23 bits per heavy atom. The SMILES string of the molecule is CN(C)S(=O)(=O)c1ccc(N2CCC(CN(C)S(=O)(=O)c3ccc(-c4cccs4)c(-c4cc5ccccc5[nH]4)c3)C2)c(-c2cc3[nH]c(=O)ccc3[nH]2)c1. The van der Waals surface area contributed by atoms with Crippen LogP contribution < -0.4 is 10.5 Å². The van der Waals surface area contributed by atoms with Gasteiger partial charge < -0.3 is 19.9 Å². The third-order valence-corrected chi connectivity index (χ3v) is 14.5. The molecule has 5 heterocycles. The van der Waals surface area contributed by atoms with Crippen molar-refractivity contribution in [3.05, 3.63) is 113 Å². The lowest BCUT2D eigenvalue weighted by molar-refractivity contribution is 0.401. The van der Waals surface area contributed by atoms with E-state index in [1.807, 2.05) is 60.0 Å². The summed E-state index contributed by atoms with van der Waals surface area (Å²) < 4.78 is 57.3. The van der Waals surface area contributed by atoms with Crippen LogP contribution in [0, 0.1) is 5.92 Å². The van der Waals surface area contributed by atoms with Gasteiger partial charge in [-0.2, -0.15) is 0 Å². The quantitative estimate of drug-likeness (QED) is 0.140. The number of benzene rings is 3. The van der Waals surface area contributed by atoms with Gasteiger partial charge >= 0.3 is 0 Å². The van der Waals surface area contributed by atoms with Crippen LogP contribution in [-0.4, -0.2) is 81.2 Å². The molecular formula is C39H38N6O5S3. The summed E-state index contributed by atoms with van der Waals surface area (Å²) in [5.74, 6) is 0.0189. The standard InChI is InChI=1S/C39H38N6O5S3/c1-43(2)52(47,48)27-11-14-37(31(21-27)35-22-36-33(41-35)13-15-39(46)42-36)45-17-16-25(24-45)23-44(3)53(49,50)28-10-12-29(38-9-6-18-51-38)30(20-28)34-19-26-7-4-5-8-32(26)40-34/h4-15,18-22,25,40-41H,16-17,23-24H2,1-3H3,(H,42,46). The first kappa shape index (κ1) is 35.1. The second kappa shape index (κ2) is 13.5. The Morgan fingerprint density at radius 2 is 1.45 bits per heavy atom. The van der Waals surface area contributed by atoms with E-state index in [1.54, 1.807) is 48.7 Å². The summed E-state index contributed by atoms with van der Waals surface area (Å²) in [5, 5.41) is 3.06. The fraction of sp³-hybridized carbons (Fsp3) is 0.205. The Morgan fingerprint density at radius 1 is 0.717 bits per heavy atom. The number of hydrogen-bond acceptors (Lipinski definition) is 7. The second-order valence-corrected chi connectivity index (χ2v) is 18.8. The van der Waals surface area contributed by atoms with Crippen molar-refractivity contribution in [2.24, 2.45) is 5.92 Å². The van der Waals surface area contributed by atoms with Crippen molar-refractivity contribution in [2.75, 3.05) is 45.7 Å². The smallest absolute Gasteiger partial charge is 0.248 e. The molecule has 53 heavy (non-hydrogen) atoms. The van der Waals surface area contributed by atoms with Gasteiger partial charge in [0.05, 0.1) is 26.5 Å². The Hall–Kier alpha value is -4.99. The number of H-pyrrole nitrogens is 3. The van der Waals surface area contributed by atoms with Crippen LogP contribution in [0.5, 0.6) is 0 Å². The fourth-order valence-electron chi connectivity index (χ4n) is 7.18. The molecule has 4 aromatic heterocycles. The summed E-state index contributed by atoms with van der Waals surface area (Å²) in [5.41, 5.74) is 6.84. The molecule has 1 saturated heterocycles. The van der Waals surface area contributed by atoms with Crippen LogP contribution in [0.4, 0.5) is 5.69 Å². The van der Waals surface area contributed by atoms with Crippen molar-refractivity contribution >= 4 is 59.0 Å². The first-order chi connectivity index (χ1) is 25.4. The molecule has 1 aliphatic heterocycles. The molecule has 0 saturated carbocycles. The maximum absolute atomic E-state index is 14.2. The van der Waals surface area contributed by atoms with Gasteiger partial charge in [-0.05, 0) is 78.4 Å². The molecule has 272 valence electrons. The Balaban J connectivity index is 1.08. The number of nitrogens with one attached hydrogen (secondary N) is 3. The number of hydrogen-bond donors (Lipinski definition) is 3. The molecule has 3 N–H and O–H groups in total. The predicted molar refractivity (Wildman–Crippen MR) is 212 cm³/mol. The summed E-state index contributed by atoms with van der Waals surface area (Å²) in [6.07, 6.45) is 0.745. The second-order valence-electron chi connectivity index (χ2n) is 13.6. The van der Waals surface area contributed by atoms with Crippen LogP contribution in [-0.2, 0) is 20.0 Å². The molecule has 1 aliphatic rings. The van der Waals surface area contributed by atoms with E-state index < -0.39 is 20.0 Å². The lowest BCUT2D eigenvalue weighted by Crippen LogP contribution is -2.33. The molecule has 1 fully saturated rings. The van der Waals surface area contributed by atoms with Crippen LogP contribution in [0.1, 0.15) is 6.42 Å². The van der Waals surface area contributed by atoms with Crippen LogP contribution in [0.3, 0.4) is 0 Å². The van der Waals surface area contributed by atoms with Crippen LogP contribution >= 0.6 is 11.3 Å². The first-order valence-corrected chi connectivity index (χ1v) is 20.9. The molecule has 1 unspecified atom stereocenters. The van der Waals surface area contributed by atoms with E-state index in [0.29, 0.717) is 41.9 Å². The highest BCUT2D eigenvalue weighted by Crippen LogP contribution is 2.39. The van der Waals surface area contributed by atoms with Gasteiger partial charge in [0.1, 0.15) is 0 Å². The number of sulfonamides is 2. The predicted octanol–water partition coefficient (Wildman–Crippen LogP) is 6.80. The van der Waals surface area contributed by atoms with Gasteiger partial charge in [-0.3, -0.25) is 4.79 Å². The summed E-state index contributed by atoms with van der Waals surface area (Å²) in [6.45, 7) is 1.53. The lowest BCUT2D eigenvalue weighted by Gasteiger charge is -2.25. The molecule has 0 bridgehead atoms. The summed E-state index contributed by atoms with van der Waals surface area (Å²) in [4.78, 5) is 25.3. The van der Waals surface area contributed by atoms with Gasteiger partial charge in [-0.15, -0.1) is 11.3 Å². The molecule has 1 atom stereocenters. The van der Waals surface area contributed by atoms with Gasteiger partial charge in [-0.1, -0.05) is 30.3 Å². The number of thiophene rings is 1. The number of anilines is 1. The lowest BCUT2D eigenvalue weighted by atomic mass is 10.0. The van der Waals surface area contributed by atoms with E-state index in [-0.39, 0.29) is 21.3 Å². The zero-order valence-corrected chi connectivity index (χ0v) is 31.8. The average Bonchev–Trinajstić information content (AvgIpc) is 3.98. The van der Waals surface area contributed by atoms with E-state index >= 15 is 0 Å². The summed E-state index contributed by atoms with van der Waals surface area (Å²) in [7, 11) is -2.97. The van der Waals surface area contributed by atoms with Crippen molar-refractivity contribution in [1.29, 1.82) is 0 Å². The zero-order valence-electron chi connectivity index (χ0n) is 29.3. The highest BCUT2D eigenvalue weighted by atomic mass is 32.2. The fourth-order valence-corrected chi connectivity index (χ4v) is 10.1. The normalized spacial score (nSPS) is 15.4. The number of rotatable bonds is 10. The first-order valence-electron chi connectivity index (χ1n) is 17.1. The largest absolute Gasteiger partial charge is 0.371 e. The topological polar surface area (TPSA) is 142 Å². The van der Waals surface area contributed by atoms with Crippen LogP contribution in [0.2, 0.25) is 0 Å². The third kappa shape index (κ3) is 6.50. The molecule has 0 amide bonds. The van der Waals surface area contributed by atoms with Crippen molar-refractivity contribution < 1.29 is 16.8 Å². The van der Waals surface area contributed by atoms with Crippen molar-refractivity contribution in [1.82, 2.24) is 23.6 Å². The average molecular weight is 767 g/mol. The van der Waals surface area contributed by atoms with E-state index in [0.717, 1.165) is 44.7 Å². The number of pyridine rings is 1. The number of fused-ring (bicyclic) bond motifs is 2. The minimum absolute atomic E-state index is 0.0189. The van der Waals surface area contributed by atoms with Crippen molar-refractivity contribution in [3.63, 3.8) is 0 Å². The molecule has 8 rings (SSSR count). The molecule has 3 aromatic carbocycles. The van der Waals surface area contributed by atoms with E-state index in [2.05, 4.69) is 25.9 Å². The van der Waals surface area contributed by atoms with E-state index in [4.69, 9.17) is 0 Å². The Bertz CT molecular complexity index is 2730. The summed E-state index contributed by atoms with van der Waals surface area (Å²) >= 11 is 1.61. The number of nitrogens with zero attached hydrogens (tertiary/aromatic N) is 3. The van der Waals surface area contributed by atoms with Crippen molar-refractivity contribution in [2.45, 2.75) is 16.2 Å². The van der Waals surface area contributed by atoms with E-state index in [9.17, 15) is 21.6 Å². The van der Waals surface area contributed by atoms with Gasteiger partial charge in [-0.25, -0.2) is 25.4 Å². The molecule has 0 spiro atoms. The van der Waals surface area contributed by atoms with Gasteiger partial charge in [0, 0.05) is 90.7 Å². The maximum Gasteiger partial charge on any atom is 0.248 e. The number of aromatic amines is 3. The Kier molecular flexibility index (Phi) is 8.90. The molecule has 0 radical (unpaired) electrons. The van der Waals surface area contributed by atoms with E-state index in [1.165, 1.54) is 28.8 Å². The van der Waals surface area contributed by atoms with Gasteiger partial charge in [0.15, 0.2) is 0 Å². The summed E-state index contributed by atoms with van der Waals surface area (Å²) in [6, 6.07) is 29.4. The Labute approximate surface area is 311 Å². The molecule has 11 nitrogen and oxygen atoms in total. The highest BCUT2D eigenvalue weighted by molar-refractivity contribution is 7.89. The van der Waals surface area contributed by atoms with Crippen LogP contribution in [0.25, 0.3) is 54.9 Å². The monoisotopic (exact) mass is 766 g/mol. The molecular weight excluding hydrogens is 729 g/mol. The number of aromatic nitrogens is 3. The zero-order chi connectivity index (χ0) is 37.1. The molecule has 0 aliphatic carbocycles. The van der Waals surface area contributed by atoms with Crippen molar-refractivity contribution in [3.8, 4) is 33.0 Å². The van der Waals surface area contributed by atoms with Gasteiger partial charge in [0.25, 0.3) is 0 Å². The van der Waals surface area contributed by atoms with Crippen LogP contribution in [0.15, 0.2) is 117 Å². The molecule has 7 aromatic rings. The third-order valence-electron chi connectivity index (χ3n) is 9.99. The van der Waals surface area contributed by atoms with Gasteiger partial charge in [0.2, 0.25) is 25.6 Å². The molecule has 14 heteroatoms. The maximum atomic E-state index is 14.2. The minimum atomic E-state index is -3.86. The number of para-hydroxylation sites is 1.